The van der Waals surface area contributed by atoms with Crippen LogP contribution in [0.15, 0.2) is 0 Å². The predicted octanol–water partition coefficient (Wildman–Crippen LogP) is 2.22. The van der Waals surface area contributed by atoms with Gasteiger partial charge in [0.25, 0.3) is 0 Å². The summed E-state index contributed by atoms with van der Waals surface area (Å²) in [6, 6.07) is 0.350. The van der Waals surface area contributed by atoms with Crippen LogP contribution in [0.1, 0.15) is 50.5 Å². The first-order valence-corrected chi connectivity index (χ1v) is 8.91. The average Bonchev–Trinajstić information content (AvgIpc) is 3.19. The van der Waals surface area contributed by atoms with Crippen LogP contribution in [-0.4, -0.2) is 39.5 Å². The number of carbonyl (C=O) groups is 2. The molecule has 0 aromatic carbocycles. The van der Waals surface area contributed by atoms with Crippen molar-refractivity contribution < 1.29 is 9.59 Å². The fraction of sp³-hybridized carbons (Fsp3) is 0.733. The van der Waals surface area contributed by atoms with Crippen LogP contribution in [0.5, 0.6) is 0 Å². The van der Waals surface area contributed by atoms with Gasteiger partial charge < -0.3 is 10.2 Å². The second kappa shape index (κ2) is 6.73. The molecule has 1 saturated carbocycles. The van der Waals surface area contributed by atoms with Gasteiger partial charge in [-0.2, -0.15) is 0 Å². The van der Waals surface area contributed by atoms with E-state index in [1.807, 2.05) is 4.90 Å². The maximum Gasteiger partial charge on any atom is 0.231 e. The summed E-state index contributed by atoms with van der Waals surface area (Å²) in [7, 11) is 0. The molecule has 120 valence electrons. The van der Waals surface area contributed by atoms with E-state index in [4.69, 9.17) is 0 Å². The quantitative estimate of drug-likeness (QED) is 0.902. The molecule has 22 heavy (non-hydrogen) atoms. The number of amides is 2. The van der Waals surface area contributed by atoms with Crippen molar-refractivity contribution in [3.63, 3.8) is 0 Å². The minimum atomic E-state index is -0.258. The molecule has 0 spiro atoms. The number of hydrogen-bond donors (Lipinski definition) is 1. The van der Waals surface area contributed by atoms with E-state index in [1.54, 1.807) is 0 Å². The predicted molar refractivity (Wildman–Crippen MR) is 84.6 cm³/mol. The maximum absolute atomic E-state index is 12.3. The minimum Gasteiger partial charge on any atom is -0.339 e. The first-order valence-electron chi connectivity index (χ1n) is 8.10. The van der Waals surface area contributed by atoms with Crippen LogP contribution < -0.4 is 5.32 Å². The smallest absolute Gasteiger partial charge is 0.231 e. The number of nitrogens with zero attached hydrogens (tertiary/aromatic N) is 3. The molecule has 1 aromatic heterocycles. The maximum atomic E-state index is 12.3. The Morgan fingerprint density at radius 2 is 2.14 bits per heavy atom. The van der Waals surface area contributed by atoms with Crippen LogP contribution in [-0.2, 0) is 16.0 Å². The number of rotatable bonds is 5. The van der Waals surface area contributed by atoms with E-state index in [0.717, 1.165) is 30.7 Å². The number of likely N-dealkylation sites (tertiary alicyclic amines) is 1. The summed E-state index contributed by atoms with van der Waals surface area (Å²) < 4.78 is 0. The zero-order valence-corrected chi connectivity index (χ0v) is 13.7. The Labute approximate surface area is 134 Å². The molecule has 2 aliphatic rings. The first kappa shape index (κ1) is 15.4. The van der Waals surface area contributed by atoms with Gasteiger partial charge in [-0.25, -0.2) is 0 Å². The average molecular weight is 322 g/mol. The van der Waals surface area contributed by atoms with Gasteiger partial charge in [0.1, 0.15) is 5.01 Å². The molecule has 6 nitrogen and oxygen atoms in total. The van der Waals surface area contributed by atoms with E-state index in [2.05, 4.69) is 22.4 Å². The number of carbonyl (C=O) groups excluding carboxylic acids is 2. The van der Waals surface area contributed by atoms with Crippen LogP contribution in [0.3, 0.4) is 0 Å². The summed E-state index contributed by atoms with van der Waals surface area (Å²) in [5.74, 6) is -0.240. The fourth-order valence-electron chi connectivity index (χ4n) is 3.30. The van der Waals surface area contributed by atoms with Crippen molar-refractivity contribution in [2.45, 2.75) is 57.9 Å². The highest BCUT2D eigenvalue weighted by Gasteiger charge is 2.38. The molecule has 1 aliphatic heterocycles. The topological polar surface area (TPSA) is 75.2 Å². The number of anilines is 1. The standard InChI is InChI=1S/C15H22N4O2S/c1-2-5-12-17-18-15(22-12)16-14(21)10-8-13(20)19(9-10)11-6-3-4-7-11/h10-11H,2-9H2,1H3,(H,16,18,21)/t10-/m1/s1. The van der Waals surface area contributed by atoms with E-state index in [1.165, 1.54) is 24.2 Å². The van der Waals surface area contributed by atoms with Crippen molar-refractivity contribution in [3.8, 4) is 0 Å². The molecule has 2 fully saturated rings. The number of nitrogens with one attached hydrogen (secondary N) is 1. The van der Waals surface area contributed by atoms with Gasteiger partial charge in [0.05, 0.1) is 5.92 Å². The molecule has 1 aliphatic carbocycles. The highest BCUT2D eigenvalue weighted by atomic mass is 32.1. The second-order valence-corrected chi connectivity index (χ2v) is 7.19. The van der Waals surface area contributed by atoms with E-state index in [-0.39, 0.29) is 17.7 Å². The van der Waals surface area contributed by atoms with Crippen molar-refractivity contribution in [1.82, 2.24) is 15.1 Å². The Balaban J connectivity index is 1.57. The van der Waals surface area contributed by atoms with Crippen LogP contribution in [0.4, 0.5) is 5.13 Å². The van der Waals surface area contributed by atoms with Crippen molar-refractivity contribution in [3.05, 3.63) is 5.01 Å². The third-order valence-corrected chi connectivity index (χ3v) is 5.35. The summed E-state index contributed by atoms with van der Waals surface area (Å²) in [6.45, 7) is 2.64. The molecule has 0 bridgehead atoms. The van der Waals surface area contributed by atoms with Crippen LogP contribution in [0.25, 0.3) is 0 Å². The van der Waals surface area contributed by atoms with Gasteiger partial charge in [-0.15, -0.1) is 10.2 Å². The Bertz CT molecular complexity index is 553. The summed E-state index contributed by atoms with van der Waals surface area (Å²) in [6.07, 6.45) is 6.75. The highest BCUT2D eigenvalue weighted by Crippen LogP contribution is 2.30. The van der Waals surface area contributed by atoms with Gasteiger partial charge in [-0.05, 0) is 19.3 Å². The summed E-state index contributed by atoms with van der Waals surface area (Å²) in [5.41, 5.74) is 0. The molecule has 3 rings (SSSR count). The fourth-order valence-corrected chi connectivity index (χ4v) is 4.15. The van der Waals surface area contributed by atoms with Crippen molar-refractivity contribution in [2.75, 3.05) is 11.9 Å². The van der Waals surface area contributed by atoms with Gasteiger partial charge in [-0.3, -0.25) is 9.59 Å². The Morgan fingerprint density at radius 1 is 1.36 bits per heavy atom. The molecular formula is C15H22N4O2S. The van der Waals surface area contributed by atoms with Crippen molar-refractivity contribution in [1.29, 1.82) is 0 Å². The lowest BCUT2D eigenvalue weighted by Crippen LogP contribution is -2.35. The molecule has 2 amide bonds. The van der Waals surface area contributed by atoms with Crippen LogP contribution in [0.2, 0.25) is 0 Å². The second-order valence-electron chi connectivity index (χ2n) is 6.13. The molecule has 1 saturated heterocycles. The number of hydrogen-bond acceptors (Lipinski definition) is 5. The summed E-state index contributed by atoms with van der Waals surface area (Å²) in [4.78, 5) is 26.4. The summed E-state index contributed by atoms with van der Waals surface area (Å²) in [5, 5.41) is 12.4. The van der Waals surface area contributed by atoms with Gasteiger partial charge in [0.15, 0.2) is 0 Å². The van der Waals surface area contributed by atoms with Crippen LogP contribution >= 0.6 is 11.3 Å². The molecule has 7 heteroatoms. The minimum absolute atomic E-state index is 0.104. The highest BCUT2D eigenvalue weighted by molar-refractivity contribution is 7.15. The third kappa shape index (κ3) is 3.29. The van der Waals surface area contributed by atoms with Gasteiger partial charge in [0.2, 0.25) is 16.9 Å². The number of aromatic nitrogens is 2. The van der Waals surface area contributed by atoms with E-state index in [9.17, 15) is 9.59 Å². The zero-order valence-electron chi connectivity index (χ0n) is 12.9. The Kier molecular flexibility index (Phi) is 4.71. The SMILES string of the molecule is CCCc1nnc(NC(=O)[C@@H]2CC(=O)N(C3CCCC3)C2)s1. The molecule has 1 aromatic rings. The molecular weight excluding hydrogens is 300 g/mol. The van der Waals surface area contributed by atoms with Gasteiger partial charge in [0, 0.05) is 25.4 Å². The lowest BCUT2D eigenvalue weighted by atomic mass is 10.1. The van der Waals surface area contributed by atoms with E-state index in [0.29, 0.717) is 24.1 Å². The monoisotopic (exact) mass is 322 g/mol. The largest absolute Gasteiger partial charge is 0.339 e. The van der Waals surface area contributed by atoms with E-state index < -0.39 is 0 Å². The zero-order chi connectivity index (χ0) is 15.5. The normalized spacial score (nSPS) is 22.5. The molecule has 1 atom stereocenters. The lowest BCUT2D eigenvalue weighted by molar-refractivity contribution is -0.129. The first-order chi connectivity index (χ1) is 10.7. The summed E-state index contributed by atoms with van der Waals surface area (Å²) >= 11 is 1.42. The molecule has 2 heterocycles. The lowest BCUT2D eigenvalue weighted by Gasteiger charge is -2.23. The molecule has 0 radical (unpaired) electrons. The van der Waals surface area contributed by atoms with Crippen molar-refractivity contribution in [2.24, 2.45) is 5.92 Å². The van der Waals surface area contributed by atoms with E-state index >= 15 is 0 Å². The molecule has 0 unspecified atom stereocenters. The molecule has 1 N–H and O–H groups in total. The Hall–Kier alpha value is -1.50. The van der Waals surface area contributed by atoms with Crippen molar-refractivity contribution >= 4 is 28.3 Å². The Morgan fingerprint density at radius 3 is 2.86 bits per heavy atom. The van der Waals surface area contributed by atoms with Gasteiger partial charge in [-0.1, -0.05) is 31.1 Å². The van der Waals surface area contributed by atoms with Crippen LogP contribution in [0, 0.1) is 5.92 Å². The van der Waals surface area contributed by atoms with Gasteiger partial charge >= 0.3 is 0 Å². The number of aryl methyl sites for hydroxylation is 1. The third-order valence-electron chi connectivity index (χ3n) is 4.46.